The molecule has 1 aromatic heterocycles. The normalized spacial score (nSPS) is 10.8. The second-order valence-electron chi connectivity index (χ2n) is 1.98. The highest BCUT2D eigenvalue weighted by atomic mass is 127. The first kappa shape index (κ1) is 13.0. The monoisotopic (exact) mass is 323 g/mol. The van der Waals surface area contributed by atoms with Gasteiger partial charge in [0.05, 0.1) is 5.02 Å². The van der Waals surface area contributed by atoms with Crippen molar-refractivity contribution in [2.24, 2.45) is 0 Å². The first-order valence-electron chi connectivity index (χ1n) is 2.79. The van der Waals surface area contributed by atoms with Gasteiger partial charge in [-0.15, -0.1) is 0 Å². The quantitative estimate of drug-likeness (QED) is 0.658. The highest BCUT2D eigenvalue weighted by Gasteiger charge is 2.32. The van der Waals surface area contributed by atoms with Gasteiger partial charge in [-0.1, -0.05) is 19.0 Å². The van der Waals surface area contributed by atoms with Gasteiger partial charge in [0.25, 0.3) is 0 Å². The number of pyridine rings is 1. The summed E-state index contributed by atoms with van der Waals surface area (Å²) in [6.07, 6.45) is -3.41. The fraction of sp³-hybridized carbons (Fsp3) is 0.286. The van der Waals surface area contributed by atoms with E-state index in [9.17, 15) is 13.2 Å². The summed E-state index contributed by atoms with van der Waals surface area (Å²) in [5.74, 6) is 0. The maximum atomic E-state index is 12.0. The highest BCUT2D eigenvalue weighted by molar-refractivity contribution is 14.1. The van der Waals surface area contributed by atoms with Gasteiger partial charge in [-0.3, -0.25) is 4.98 Å². The molecule has 0 saturated heterocycles. The van der Waals surface area contributed by atoms with Gasteiger partial charge in [0, 0.05) is 9.77 Å². The van der Waals surface area contributed by atoms with Gasteiger partial charge in [0.1, 0.15) is 5.69 Å². The van der Waals surface area contributed by atoms with Gasteiger partial charge in [0.15, 0.2) is 0 Å². The Bertz CT molecular complexity index is 300. The van der Waals surface area contributed by atoms with E-state index in [1.54, 1.807) is 22.6 Å². The third kappa shape index (κ3) is 3.30. The highest BCUT2D eigenvalue weighted by Crippen LogP contribution is 2.29. The average molecular weight is 323 g/mol. The lowest BCUT2D eigenvalue weighted by Crippen LogP contribution is -2.07. The zero-order chi connectivity index (χ0) is 9.35. The molecule has 0 radical (unpaired) electrons. The first-order valence-corrected chi connectivity index (χ1v) is 4.25. The van der Waals surface area contributed by atoms with Crippen LogP contribution in [-0.2, 0) is 6.18 Å². The van der Waals surface area contributed by atoms with Crippen LogP contribution in [0.4, 0.5) is 13.2 Å². The van der Waals surface area contributed by atoms with Crippen molar-refractivity contribution < 1.29 is 13.2 Å². The summed E-state index contributed by atoms with van der Waals surface area (Å²) in [6.45, 7) is 0. The van der Waals surface area contributed by atoms with Crippen LogP contribution in [0.25, 0.3) is 0 Å². The molecule has 1 rings (SSSR count). The van der Waals surface area contributed by atoms with Crippen LogP contribution in [0.2, 0.25) is 5.02 Å². The third-order valence-electron chi connectivity index (χ3n) is 1.10. The topological polar surface area (TPSA) is 12.9 Å². The molecule has 13 heavy (non-hydrogen) atoms. The molecule has 0 aliphatic carbocycles. The van der Waals surface area contributed by atoms with Crippen molar-refractivity contribution in [2.45, 2.75) is 13.6 Å². The van der Waals surface area contributed by atoms with Crippen molar-refractivity contribution in [3.63, 3.8) is 0 Å². The van der Waals surface area contributed by atoms with Gasteiger partial charge in [-0.25, -0.2) is 0 Å². The Morgan fingerprint density at radius 3 is 2.31 bits per heavy atom. The second-order valence-corrected chi connectivity index (χ2v) is 3.55. The maximum Gasteiger partial charge on any atom is 0.433 e. The minimum absolute atomic E-state index is 0. The van der Waals surface area contributed by atoms with E-state index in [4.69, 9.17) is 11.6 Å². The zero-order valence-electron chi connectivity index (χ0n) is 5.49. The van der Waals surface area contributed by atoms with Gasteiger partial charge < -0.3 is 0 Å². The average Bonchev–Trinajstić information content (AvgIpc) is 1.92. The lowest BCUT2D eigenvalue weighted by molar-refractivity contribution is -0.141. The number of alkyl halides is 3. The van der Waals surface area contributed by atoms with E-state index in [1.165, 1.54) is 0 Å². The minimum Gasteiger partial charge on any atom is -0.250 e. The Labute approximate surface area is 92.4 Å². The summed E-state index contributed by atoms with van der Waals surface area (Å²) in [6, 6.07) is 0.906. The molecule has 0 atom stereocenters. The van der Waals surface area contributed by atoms with Crippen LogP contribution in [0.15, 0.2) is 12.3 Å². The number of rotatable bonds is 0. The molecule has 1 heterocycles. The number of halogens is 5. The molecular weight excluding hydrogens is 317 g/mol. The molecule has 0 aliphatic heterocycles. The van der Waals surface area contributed by atoms with Crippen molar-refractivity contribution >= 4 is 34.2 Å². The molecule has 0 aromatic carbocycles. The summed E-state index contributed by atoms with van der Waals surface area (Å²) in [5, 5.41) is 0.226. The number of hydrogen-bond donors (Lipinski definition) is 0. The lowest BCUT2D eigenvalue weighted by atomic mass is 10.3. The van der Waals surface area contributed by atoms with E-state index in [0.29, 0.717) is 3.57 Å². The lowest BCUT2D eigenvalue weighted by Gasteiger charge is -2.05. The van der Waals surface area contributed by atoms with Crippen molar-refractivity contribution in [3.8, 4) is 0 Å². The summed E-state index contributed by atoms with van der Waals surface area (Å²) in [5.41, 5.74) is -0.920. The molecule has 0 saturated carbocycles. The molecule has 6 heteroatoms. The predicted octanol–water partition coefficient (Wildman–Crippen LogP) is 3.99. The predicted molar refractivity (Wildman–Crippen MR) is 53.7 cm³/mol. The van der Waals surface area contributed by atoms with E-state index in [0.717, 1.165) is 12.3 Å². The molecule has 0 unspecified atom stereocenters. The van der Waals surface area contributed by atoms with Gasteiger partial charge in [-0.2, -0.15) is 13.2 Å². The van der Waals surface area contributed by atoms with E-state index in [2.05, 4.69) is 4.98 Å². The number of nitrogens with zero attached hydrogens (tertiary/aromatic N) is 1. The van der Waals surface area contributed by atoms with Crippen LogP contribution in [0.3, 0.4) is 0 Å². The SMILES string of the molecule is C.FC(F)(F)c1cc(I)c(Cl)cn1. The molecule has 0 amide bonds. The third-order valence-corrected chi connectivity index (χ3v) is 2.61. The Kier molecular flexibility index (Phi) is 4.44. The maximum absolute atomic E-state index is 12.0. The molecule has 0 bridgehead atoms. The molecule has 0 N–H and O–H groups in total. The fourth-order valence-electron chi connectivity index (χ4n) is 0.569. The molecule has 0 spiro atoms. The summed E-state index contributed by atoms with van der Waals surface area (Å²) in [4.78, 5) is 3.15. The standard InChI is InChI=1S/C6H2ClF3IN.CH4/c7-3-2-12-5(1-4(3)11)6(8,9)10;/h1-2H;1H4. The summed E-state index contributed by atoms with van der Waals surface area (Å²) >= 11 is 7.21. The van der Waals surface area contributed by atoms with E-state index in [-0.39, 0.29) is 12.4 Å². The molecule has 1 aromatic rings. The first-order chi connectivity index (χ1) is 5.41. The van der Waals surface area contributed by atoms with Crippen LogP contribution in [0.1, 0.15) is 13.1 Å². The van der Waals surface area contributed by atoms with Crippen LogP contribution < -0.4 is 0 Å². The summed E-state index contributed by atoms with van der Waals surface area (Å²) < 4.78 is 36.3. The molecular formula is C7H6ClF3IN. The smallest absolute Gasteiger partial charge is 0.250 e. The van der Waals surface area contributed by atoms with Crippen LogP contribution in [-0.4, -0.2) is 4.98 Å². The van der Waals surface area contributed by atoms with E-state index in [1.807, 2.05) is 0 Å². The number of aromatic nitrogens is 1. The number of hydrogen-bond acceptors (Lipinski definition) is 1. The molecule has 74 valence electrons. The Morgan fingerprint density at radius 1 is 1.38 bits per heavy atom. The van der Waals surface area contributed by atoms with Crippen LogP contribution >= 0.6 is 34.2 Å². The van der Waals surface area contributed by atoms with Crippen molar-refractivity contribution in [1.82, 2.24) is 4.98 Å². The Hall–Kier alpha value is -0.0400. The molecule has 1 nitrogen and oxygen atoms in total. The van der Waals surface area contributed by atoms with Crippen molar-refractivity contribution in [3.05, 3.63) is 26.5 Å². The van der Waals surface area contributed by atoms with E-state index < -0.39 is 11.9 Å². The van der Waals surface area contributed by atoms with Gasteiger partial charge in [-0.05, 0) is 28.7 Å². The Morgan fingerprint density at radius 2 is 1.92 bits per heavy atom. The fourth-order valence-corrected chi connectivity index (χ4v) is 1.11. The van der Waals surface area contributed by atoms with Crippen LogP contribution in [0.5, 0.6) is 0 Å². The minimum atomic E-state index is -4.40. The van der Waals surface area contributed by atoms with Crippen molar-refractivity contribution in [1.29, 1.82) is 0 Å². The zero-order valence-corrected chi connectivity index (χ0v) is 8.41. The van der Waals surface area contributed by atoms with Gasteiger partial charge in [0.2, 0.25) is 0 Å². The second kappa shape index (κ2) is 4.45. The van der Waals surface area contributed by atoms with E-state index >= 15 is 0 Å². The molecule has 0 fully saturated rings. The van der Waals surface area contributed by atoms with Gasteiger partial charge >= 0.3 is 6.18 Å². The van der Waals surface area contributed by atoms with Crippen LogP contribution in [0, 0.1) is 3.57 Å². The molecule has 0 aliphatic rings. The van der Waals surface area contributed by atoms with Crippen molar-refractivity contribution in [2.75, 3.05) is 0 Å². The Balaban J connectivity index is 0.00000144. The summed E-state index contributed by atoms with van der Waals surface area (Å²) in [7, 11) is 0. The largest absolute Gasteiger partial charge is 0.433 e.